The first-order valence-corrected chi connectivity index (χ1v) is 10.6. The molecule has 4 aromatic rings. The summed E-state index contributed by atoms with van der Waals surface area (Å²) in [5.74, 6) is 1.61. The van der Waals surface area contributed by atoms with Crippen LogP contribution in [0.2, 0.25) is 5.02 Å². The predicted octanol–water partition coefficient (Wildman–Crippen LogP) is 6.63. The van der Waals surface area contributed by atoms with Crippen LogP contribution in [0.15, 0.2) is 65.1 Å². The number of fused-ring (bicyclic) bond motifs is 1. The van der Waals surface area contributed by atoms with Crippen LogP contribution in [0.4, 0.5) is 0 Å². The quantitative estimate of drug-likeness (QED) is 0.305. The Kier molecular flexibility index (Phi) is 6.26. The summed E-state index contributed by atoms with van der Waals surface area (Å²) in [5.41, 5.74) is 3.74. The average Bonchev–Trinajstić information content (AvgIpc) is 3.21. The highest BCUT2D eigenvalue weighted by Gasteiger charge is 2.14. The van der Waals surface area contributed by atoms with Gasteiger partial charge >= 0.3 is 0 Å². The molecule has 1 N–H and O–H groups in total. The Bertz CT molecular complexity index is 1290. The standard InChI is InChI=1S/C24H17BrClN3O2/c1-30-22-12-15(10-17(13-27)24-28-20-8-4-5-9-21(20)29-24)11-18(25)23(22)31-14-16-6-2-3-7-19(16)26/h2-12H,14H2,1H3,(H,28,29)/b17-10-. The molecule has 0 fully saturated rings. The minimum absolute atomic E-state index is 0.298. The Morgan fingerprint density at radius 2 is 1.97 bits per heavy atom. The van der Waals surface area contributed by atoms with Crippen LogP contribution in [0.3, 0.4) is 0 Å². The van der Waals surface area contributed by atoms with Crippen molar-refractivity contribution in [2.24, 2.45) is 0 Å². The van der Waals surface area contributed by atoms with Crippen LogP contribution in [0, 0.1) is 11.3 Å². The number of aromatic amines is 1. The molecule has 0 spiro atoms. The number of nitriles is 1. The van der Waals surface area contributed by atoms with Crippen molar-refractivity contribution >= 4 is 50.2 Å². The molecule has 154 valence electrons. The van der Waals surface area contributed by atoms with Crippen molar-refractivity contribution in [3.05, 3.63) is 87.1 Å². The van der Waals surface area contributed by atoms with Crippen molar-refractivity contribution in [2.75, 3.05) is 7.11 Å². The van der Waals surface area contributed by atoms with Crippen molar-refractivity contribution < 1.29 is 9.47 Å². The van der Waals surface area contributed by atoms with E-state index in [1.54, 1.807) is 13.2 Å². The van der Waals surface area contributed by atoms with Gasteiger partial charge in [-0.2, -0.15) is 5.26 Å². The molecule has 7 heteroatoms. The maximum atomic E-state index is 9.69. The number of aromatic nitrogens is 2. The van der Waals surface area contributed by atoms with Crippen molar-refractivity contribution in [2.45, 2.75) is 6.61 Å². The maximum absolute atomic E-state index is 9.69. The molecule has 0 atom stereocenters. The minimum Gasteiger partial charge on any atom is -0.493 e. The lowest BCUT2D eigenvalue weighted by Crippen LogP contribution is -1.99. The number of H-pyrrole nitrogens is 1. The molecule has 0 aliphatic rings. The number of hydrogen-bond donors (Lipinski definition) is 1. The number of nitrogens with one attached hydrogen (secondary N) is 1. The molecule has 31 heavy (non-hydrogen) atoms. The molecule has 0 radical (unpaired) electrons. The van der Waals surface area contributed by atoms with Crippen molar-refractivity contribution in [1.82, 2.24) is 9.97 Å². The van der Waals surface area contributed by atoms with E-state index in [4.69, 9.17) is 21.1 Å². The van der Waals surface area contributed by atoms with Gasteiger partial charge < -0.3 is 14.5 Å². The zero-order chi connectivity index (χ0) is 21.8. The molecule has 1 aromatic heterocycles. The maximum Gasteiger partial charge on any atom is 0.175 e. The Morgan fingerprint density at radius 1 is 1.19 bits per heavy atom. The van der Waals surface area contributed by atoms with Gasteiger partial charge in [0, 0.05) is 10.6 Å². The van der Waals surface area contributed by atoms with E-state index in [1.807, 2.05) is 60.7 Å². The summed E-state index contributed by atoms with van der Waals surface area (Å²) in [6, 6.07) is 21.1. The number of imidazole rings is 1. The van der Waals surface area contributed by atoms with Gasteiger partial charge in [-0.25, -0.2) is 4.98 Å². The second-order valence-electron chi connectivity index (χ2n) is 6.69. The highest BCUT2D eigenvalue weighted by Crippen LogP contribution is 2.38. The number of para-hydroxylation sites is 2. The van der Waals surface area contributed by atoms with Crippen LogP contribution in [-0.4, -0.2) is 17.1 Å². The summed E-state index contributed by atoms with van der Waals surface area (Å²) < 4.78 is 12.2. The average molecular weight is 495 g/mol. The summed E-state index contributed by atoms with van der Waals surface area (Å²) in [5, 5.41) is 10.3. The number of hydrogen-bond acceptors (Lipinski definition) is 4. The van der Waals surface area contributed by atoms with E-state index in [0.717, 1.165) is 22.2 Å². The van der Waals surface area contributed by atoms with Crippen molar-refractivity contribution in [1.29, 1.82) is 5.26 Å². The van der Waals surface area contributed by atoms with E-state index in [9.17, 15) is 5.26 Å². The van der Waals surface area contributed by atoms with E-state index in [2.05, 4.69) is 32.0 Å². The van der Waals surface area contributed by atoms with Crippen LogP contribution in [-0.2, 0) is 6.61 Å². The highest BCUT2D eigenvalue weighted by atomic mass is 79.9. The number of ether oxygens (including phenoxy) is 2. The molecule has 4 rings (SSSR count). The second kappa shape index (κ2) is 9.25. The van der Waals surface area contributed by atoms with Gasteiger partial charge in [-0.05, 0) is 57.9 Å². The third-order valence-electron chi connectivity index (χ3n) is 4.66. The molecule has 0 saturated carbocycles. The molecule has 0 aliphatic carbocycles. The summed E-state index contributed by atoms with van der Waals surface area (Å²) >= 11 is 9.77. The topological polar surface area (TPSA) is 70.9 Å². The molecule has 5 nitrogen and oxygen atoms in total. The lowest BCUT2D eigenvalue weighted by molar-refractivity contribution is 0.282. The predicted molar refractivity (Wildman–Crippen MR) is 126 cm³/mol. The molecule has 0 unspecified atom stereocenters. The van der Waals surface area contributed by atoms with E-state index in [-0.39, 0.29) is 0 Å². The first-order chi connectivity index (χ1) is 15.1. The fourth-order valence-corrected chi connectivity index (χ4v) is 3.89. The van der Waals surface area contributed by atoms with Gasteiger partial charge in [0.15, 0.2) is 11.5 Å². The number of benzene rings is 3. The third kappa shape index (κ3) is 4.58. The third-order valence-corrected chi connectivity index (χ3v) is 5.62. The fourth-order valence-electron chi connectivity index (χ4n) is 3.13. The first-order valence-electron chi connectivity index (χ1n) is 9.39. The lowest BCUT2D eigenvalue weighted by Gasteiger charge is -2.14. The van der Waals surface area contributed by atoms with Gasteiger partial charge in [-0.15, -0.1) is 0 Å². The van der Waals surface area contributed by atoms with E-state index >= 15 is 0 Å². The van der Waals surface area contributed by atoms with Gasteiger partial charge in [0.05, 0.1) is 28.2 Å². The van der Waals surface area contributed by atoms with Gasteiger partial charge in [0.25, 0.3) is 0 Å². The SMILES string of the molecule is COc1cc(/C=C(/C#N)c2nc3ccccc3[nH]2)cc(Br)c1OCc1ccccc1Cl. The first kappa shape index (κ1) is 21.0. The van der Waals surface area contributed by atoms with Crippen molar-refractivity contribution in [3.8, 4) is 17.6 Å². The number of halogens is 2. The molecule has 3 aromatic carbocycles. The van der Waals surface area contributed by atoms with Crippen LogP contribution in [0.1, 0.15) is 17.0 Å². The number of methoxy groups -OCH3 is 1. The van der Waals surface area contributed by atoms with Gasteiger partial charge in [-0.1, -0.05) is 41.9 Å². The van der Waals surface area contributed by atoms with Crippen LogP contribution >= 0.6 is 27.5 Å². The number of allylic oxidation sites excluding steroid dienone is 1. The van der Waals surface area contributed by atoms with E-state index in [0.29, 0.717) is 39.0 Å². The zero-order valence-electron chi connectivity index (χ0n) is 16.5. The molecular weight excluding hydrogens is 478 g/mol. The van der Waals surface area contributed by atoms with Gasteiger partial charge in [-0.3, -0.25) is 0 Å². The summed E-state index contributed by atoms with van der Waals surface area (Å²) in [6.45, 7) is 0.298. The molecule has 1 heterocycles. The van der Waals surface area contributed by atoms with Crippen LogP contribution in [0.5, 0.6) is 11.5 Å². The molecule has 0 bridgehead atoms. The van der Waals surface area contributed by atoms with Crippen LogP contribution < -0.4 is 9.47 Å². The monoisotopic (exact) mass is 493 g/mol. The minimum atomic E-state index is 0.298. The zero-order valence-corrected chi connectivity index (χ0v) is 18.9. The van der Waals surface area contributed by atoms with E-state index in [1.165, 1.54) is 0 Å². The van der Waals surface area contributed by atoms with Crippen molar-refractivity contribution in [3.63, 3.8) is 0 Å². The fraction of sp³-hybridized carbons (Fsp3) is 0.0833. The number of rotatable bonds is 6. The Labute approximate surface area is 193 Å². The largest absolute Gasteiger partial charge is 0.493 e. The summed E-state index contributed by atoms with van der Waals surface area (Å²) in [7, 11) is 1.57. The molecule has 0 saturated heterocycles. The molecule has 0 amide bonds. The number of nitrogens with zero attached hydrogens (tertiary/aromatic N) is 2. The summed E-state index contributed by atoms with van der Waals surface area (Å²) in [4.78, 5) is 7.69. The van der Waals surface area contributed by atoms with Gasteiger partial charge in [0.2, 0.25) is 0 Å². The smallest absolute Gasteiger partial charge is 0.175 e. The van der Waals surface area contributed by atoms with Crippen LogP contribution in [0.25, 0.3) is 22.7 Å². The Balaban J connectivity index is 1.65. The van der Waals surface area contributed by atoms with Gasteiger partial charge in [0.1, 0.15) is 18.5 Å². The Morgan fingerprint density at radius 3 is 2.71 bits per heavy atom. The molecule has 0 aliphatic heterocycles. The second-order valence-corrected chi connectivity index (χ2v) is 7.95. The van der Waals surface area contributed by atoms with E-state index < -0.39 is 0 Å². The normalized spacial score (nSPS) is 11.4. The Hall–Kier alpha value is -3.27. The summed E-state index contributed by atoms with van der Waals surface area (Å²) in [6.07, 6.45) is 1.75. The molecular formula is C24H17BrClN3O2. The highest BCUT2D eigenvalue weighted by molar-refractivity contribution is 9.10. The lowest BCUT2D eigenvalue weighted by atomic mass is 10.1.